The van der Waals surface area contributed by atoms with Crippen molar-refractivity contribution in [1.29, 1.82) is 0 Å². The predicted octanol–water partition coefficient (Wildman–Crippen LogP) is 1.39. The second-order valence-electron chi connectivity index (χ2n) is 4.40. The first kappa shape index (κ1) is 17.4. The van der Waals surface area contributed by atoms with Gasteiger partial charge in [-0.15, -0.1) is 0 Å². The van der Waals surface area contributed by atoms with Crippen LogP contribution in [-0.2, 0) is 9.53 Å². The molecule has 7 heteroatoms. The number of anilines is 1. The highest BCUT2D eigenvalue weighted by Crippen LogP contribution is 2.21. The van der Waals surface area contributed by atoms with Crippen LogP contribution in [0.5, 0.6) is 0 Å². The molecular weight excluding hydrogens is 294 g/mol. The molecule has 1 unspecified atom stereocenters. The summed E-state index contributed by atoms with van der Waals surface area (Å²) in [5.74, 6) is -0.572. The molecule has 0 saturated carbocycles. The Hall–Kier alpha value is -1.63. The lowest BCUT2D eigenvalue weighted by Gasteiger charge is -2.14. The summed E-state index contributed by atoms with van der Waals surface area (Å²) in [6.07, 6.45) is -0.241. The average molecular weight is 314 g/mol. The fourth-order valence-corrected chi connectivity index (χ4v) is 1.91. The summed E-state index contributed by atoms with van der Waals surface area (Å²) >= 11 is 5.90. The van der Waals surface area contributed by atoms with E-state index in [0.717, 1.165) is 0 Å². The summed E-state index contributed by atoms with van der Waals surface area (Å²) < 4.78 is 5.06. The van der Waals surface area contributed by atoms with Gasteiger partial charge in [-0.05, 0) is 25.1 Å². The molecule has 0 saturated heterocycles. The molecule has 116 valence electrons. The van der Waals surface area contributed by atoms with Crippen LogP contribution in [0, 0.1) is 0 Å². The number of nitrogens with one attached hydrogen (secondary N) is 2. The minimum Gasteiger partial charge on any atom is -0.380 e. The van der Waals surface area contributed by atoms with Gasteiger partial charge in [-0.3, -0.25) is 9.59 Å². The molecule has 0 aromatic heterocycles. The number of halogens is 1. The van der Waals surface area contributed by atoms with E-state index in [4.69, 9.17) is 22.1 Å². The second kappa shape index (κ2) is 8.61. The molecule has 0 radical (unpaired) electrons. The molecule has 21 heavy (non-hydrogen) atoms. The molecule has 1 aromatic carbocycles. The first-order valence-corrected chi connectivity index (χ1v) is 7.00. The highest BCUT2D eigenvalue weighted by atomic mass is 35.5. The first-order chi connectivity index (χ1) is 10.0. The average Bonchev–Trinajstić information content (AvgIpc) is 2.46. The molecular formula is C14H20ClN3O3. The van der Waals surface area contributed by atoms with E-state index in [0.29, 0.717) is 22.8 Å². The van der Waals surface area contributed by atoms with Gasteiger partial charge in [-0.25, -0.2) is 0 Å². The third-order valence-electron chi connectivity index (χ3n) is 2.85. The maximum atomic E-state index is 12.0. The van der Waals surface area contributed by atoms with Crippen molar-refractivity contribution in [2.45, 2.75) is 19.4 Å². The van der Waals surface area contributed by atoms with E-state index in [1.165, 1.54) is 13.2 Å². The Balaban J connectivity index is 2.87. The number of amides is 2. The molecule has 0 aliphatic rings. The van der Waals surface area contributed by atoms with E-state index in [1.54, 1.807) is 12.1 Å². The van der Waals surface area contributed by atoms with Crippen molar-refractivity contribution in [2.75, 3.05) is 25.5 Å². The number of benzene rings is 1. The van der Waals surface area contributed by atoms with Crippen molar-refractivity contribution in [3.63, 3.8) is 0 Å². The molecule has 1 rings (SSSR count). The Morgan fingerprint density at radius 3 is 2.71 bits per heavy atom. The van der Waals surface area contributed by atoms with Crippen molar-refractivity contribution in [2.24, 2.45) is 5.73 Å². The number of hydrogen-bond acceptors (Lipinski definition) is 4. The summed E-state index contributed by atoms with van der Waals surface area (Å²) in [7, 11) is 1.49. The van der Waals surface area contributed by atoms with Crippen molar-refractivity contribution in [3.05, 3.63) is 28.8 Å². The summed E-state index contributed by atoms with van der Waals surface area (Å²) in [6.45, 7) is 2.54. The lowest BCUT2D eigenvalue weighted by Crippen LogP contribution is -2.29. The van der Waals surface area contributed by atoms with E-state index in [-0.39, 0.29) is 30.9 Å². The maximum absolute atomic E-state index is 12.0. The smallest absolute Gasteiger partial charge is 0.253 e. The highest BCUT2D eigenvalue weighted by molar-refractivity contribution is 6.31. The normalized spacial score (nSPS) is 11.8. The van der Waals surface area contributed by atoms with Gasteiger partial charge in [-0.1, -0.05) is 11.6 Å². The van der Waals surface area contributed by atoms with Gasteiger partial charge < -0.3 is 21.1 Å². The number of methoxy groups -OCH3 is 1. The van der Waals surface area contributed by atoms with Gasteiger partial charge in [-0.2, -0.15) is 0 Å². The Bertz CT molecular complexity index is 504. The number of carbonyl (C=O) groups is 2. The van der Waals surface area contributed by atoms with Crippen LogP contribution < -0.4 is 16.4 Å². The Morgan fingerprint density at radius 1 is 1.43 bits per heavy atom. The first-order valence-electron chi connectivity index (χ1n) is 6.62. The van der Waals surface area contributed by atoms with Gasteiger partial charge in [0.1, 0.15) is 0 Å². The summed E-state index contributed by atoms with van der Waals surface area (Å²) in [5, 5.41) is 5.78. The molecule has 0 fully saturated rings. The highest BCUT2D eigenvalue weighted by Gasteiger charge is 2.16. The number of carbonyl (C=O) groups excluding carboxylic acids is 2. The van der Waals surface area contributed by atoms with E-state index in [1.807, 2.05) is 6.92 Å². The van der Waals surface area contributed by atoms with Crippen molar-refractivity contribution in [3.8, 4) is 0 Å². The van der Waals surface area contributed by atoms with Crippen LogP contribution in [0.15, 0.2) is 18.2 Å². The third kappa shape index (κ3) is 5.34. The molecule has 1 atom stereocenters. The van der Waals surface area contributed by atoms with Crippen LogP contribution >= 0.6 is 11.6 Å². The Morgan fingerprint density at radius 2 is 2.14 bits per heavy atom. The molecule has 2 amide bonds. The summed E-state index contributed by atoms with van der Waals surface area (Å²) in [6, 6.07) is 4.71. The molecule has 0 heterocycles. The van der Waals surface area contributed by atoms with E-state index in [2.05, 4.69) is 10.6 Å². The van der Waals surface area contributed by atoms with Gasteiger partial charge in [0.2, 0.25) is 5.91 Å². The van der Waals surface area contributed by atoms with Crippen LogP contribution in [0.2, 0.25) is 5.02 Å². The van der Waals surface area contributed by atoms with Crippen LogP contribution in [0.1, 0.15) is 23.7 Å². The Labute approximate surface area is 129 Å². The van der Waals surface area contributed by atoms with Crippen LogP contribution in [0.25, 0.3) is 0 Å². The quantitative estimate of drug-likeness (QED) is 0.709. The lowest BCUT2D eigenvalue weighted by molar-refractivity contribution is -0.118. The van der Waals surface area contributed by atoms with E-state index in [9.17, 15) is 9.59 Å². The zero-order valence-corrected chi connectivity index (χ0v) is 12.9. The topological polar surface area (TPSA) is 93.5 Å². The van der Waals surface area contributed by atoms with Crippen LogP contribution in [0.3, 0.4) is 0 Å². The van der Waals surface area contributed by atoms with Crippen molar-refractivity contribution < 1.29 is 14.3 Å². The predicted molar refractivity (Wildman–Crippen MR) is 82.6 cm³/mol. The summed E-state index contributed by atoms with van der Waals surface area (Å²) in [4.78, 5) is 23.9. The van der Waals surface area contributed by atoms with Gasteiger partial charge in [0, 0.05) is 25.2 Å². The van der Waals surface area contributed by atoms with Gasteiger partial charge in [0.05, 0.1) is 23.8 Å². The third-order valence-corrected chi connectivity index (χ3v) is 3.08. The largest absolute Gasteiger partial charge is 0.380 e. The number of hydrogen-bond donors (Lipinski definition) is 3. The fraction of sp³-hybridized carbons (Fsp3) is 0.429. The molecule has 4 N–H and O–H groups in total. The van der Waals surface area contributed by atoms with Gasteiger partial charge >= 0.3 is 0 Å². The number of nitrogens with two attached hydrogens (primary N) is 1. The van der Waals surface area contributed by atoms with E-state index >= 15 is 0 Å². The zero-order valence-electron chi connectivity index (χ0n) is 12.1. The lowest BCUT2D eigenvalue weighted by atomic mass is 10.1. The molecule has 0 aliphatic carbocycles. The molecule has 0 spiro atoms. The second-order valence-corrected chi connectivity index (χ2v) is 4.83. The molecule has 1 aromatic rings. The van der Waals surface area contributed by atoms with Crippen molar-refractivity contribution >= 4 is 29.1 Å². The molecule has 0 bridgehead atoms. The maximum Gasteiger partial charge on any atom is 0.253 e. The standard InChI is InChI=1S/C14H20ClN3O3/c1-3-17-14(20)11-6-9(15)4-5-12(11)18-13(19)7-10(8-16)21-2/h4-6,10H,3,7-8,16H2,1-2H3,(H,17,20)(H,18,19). The van der Waals surface area contributed by atoms with Crippen LogP contribution in [-0.4, -0.2) is 38.1 Å². The van der Waals surface area contributed by atoms with Gasteiger partial charge in [0.25, 0.3) is 5.91 Å². The van der Waals surface area contributed by atoms with Crippen molar-refractivity contribution in [1.82, 2.24) is 5.32 Å². The Kier molecular flexibility index (Phi) is 7.14. The fourth-order valence-electron chi connectivity index (χ4n) is 1.74. The van der Waals surface area contributed by atoms with Crippen LogP contribution in [0.4, 0.5) is 5.69 Å². The minimum atomic E-state index is -0.356. The minimum absolute atomic E-state index is 0.116. The SMILES string of the molecule is CCNC(=O)c1cc(Cl)ccc1NC(=O)CC(CN)OC. The number of ether oxygens (including phenoxy) is 1. The molecule has 0 aliphatic heterocycles. The van der Waals surface area contributed by atoms with E-state index < -0.39 is 0 Å². The zero-order chi connectivity index (χ0) is 15.8. The number of rotatable bonds is 7. The monoisotopic (exact) mass is 313 g/mol. The molecule has 6 nitrogen and oxygen atoms in total. The summed E-state index contributed by atoms with van der Waals surface area (Å²) in [5.41, 5.74) is 6.20. The van der Waals surface area contributed by atoms with Gasteiger partial charge in [0.15, 0.2) is 0 Å².